The summed E-state index contributed by atoms with van der Waals surface area (Å²) >= 11 is 5.90. The van der Waals surface area contributed by atoms with Crippen molar-refractivity contribution >= 4 is 11.6 Å². The molecule has 102 valence electrons. The van der Waals surface area contributed by atoms with Crippen molar-refractivity contribution in [2.45, 2.75) is 12.3 Å². The molecule has 0 saturated heterocycles. The monoisotopic (exact) mass is 271 g/mol. The summed E-state index contributed by atoms with van der Waals surface area (Å²) in [5, 5.41) is 4.00. The fraction of sp³-hybridized carbons (Fsp3) is 0.571. The Morgan fingerprint density at radius 1 is 1.17 bits per heavy atom. The van der Waals surface area contributed by atoms with Crippen molar-refractivity contribution in [3.05, 3.63) is 34.9 Å². The number of likely N-dealkylation sites (N-methyl/N-ethyl adjacent to an activating group) is 1. The summed E-state index contributed by atoms with van der Waals surface area (Å²) in [6, 6.07) is 8.04. The van der Waals surface area contributed by atoms with Crippen molar-refractivity contribution < 1.29 is 9.47 Å². The lowest BCUT2D eigenvalue weighted by atomic mass is 9.96. The molecule has 0 aliphatic carbocycles. The van der Waals surface area contributed by atoms with Crippen molar-refractivity contribution in [2.75, 3.05) is 40.5 Å². The van der Waals surface area contributed by atoms with Gasteiger partial charge in [0.1, 0.15) is 0 Å². The van der Waals surface area contributed by atoms with E-state index in [0.717, 1.165) is 24.6 Å². The minimum Gasteiger partial charge on any atom is -0.382 e. The van der Waals surface area contributed by atoms with E-state index in [9.17, 15) is 0 Å². The number of rotatable bonds is 9. The zero-order valence-electron chi connectivity index (χ0n) is 11.1. The normalized spacial score (nSPS) is 12.6. The van der Waals surface area contributed by atoms with Crippen LogP contribution in [0.3, 0.4) is 0 Å². The Labute approximate surface area is 114 Å². The van der Waals surface area contributed by atoms with Crippen LogP contribution in [0, 0.1) is 0 Å². The first-order valence-corrected chi connectivity index (χ1v) is 6.62. The van der Waals surface area contributed by atoms with Crippen LogP contribution in [-0.2, 0) is 9.47 Å². The van der Waals surface area contributed by atoms with Gasteiger partial charge in [-0.3, -0.25) is 0 Å². The number of hydrogen-bond donors (Lipinski definition) is 1. The summed E-state index contributed by atoms with van der Waals surface area (Å²) in [5.41, 5.74) is 1.30. The molecule has 0 heterocycles. The lowest BCUT2D eigenvalue weighted by Crippen LogP contribution is -2.19. The number of ether oxygens (including phenoxy) is 2. The highest BCUT2D eigenvalue weighted by Crippen LogP contribution is 2.21. The van der Waals surface area contributed by atoms with Crippen LogP contribution in [0.2, 0.25) is 5.02 Å². The minimum absolute atomic E-state index is 0.454. The molecular weight excluding hydrogens is 250 g/mol. The SMILES string of the molecule is CNCC(CCOCCOC)c1ccc(Cl)cc1. The molecule has 0 saturated carbocycles. The first kappa shape index (κ1) is 15.4. The molecule has 1 aromatic carbocycles. The van der Waals surface area contributed by atoms with Gasteiger partial charge in [-0.15, -0.1) is 0 Å². The Bertz CT molecular complexity index is 316. The van der Waals surface area contributed by atoms with Crippen molar-refractivity contribution in [3.63, 3.8) is 0 Å². The van der Waals surface area contributed by atoms with Crippen LogP contribution in [0.5, 0.6) is 0 Å². The van der Waals surface area contributed by atoms with Gasteiger partial charge in [-0.25, -0.2) is 0 Å². The van der Waals surface area contributed by atoms with E-state index < -0.39 is 0 Å². The Hall–Kier alpha value is -0.610. The average molecular weight is 272 g/mol. The zero-order chi connectivity index (χ0) is 13.2. The summed E-state index contributed by atoms with van der Waals surface area (Å²) in [7, 11) is 3.65. The highest BCUT2D eigenvalue weighted by Gasteiger charge is 2.10. The van der Waals surface area contributed by atoms with Crippen LogP contribution in [0.15, 0.2) is 24.3 Å². The lowest BCUT2D eigenvalue weighted by molar-refractivity contribution is 0.0670. The Balaban J connectivity index is 2.41. The van der Waals surface area contributed by atoms with Gasteiger partial charge in [-0.05, 0) is 37.1 Å². The topological polar surface area (TPSA) is 30.5 Å². The van der Waals surface area contributed by atoms with Gasteiger partial charge in [0.05, 0.1) is 13.2 Å². The van der Waals surface area contributed by atoms with Gasteiger partial charge in [0, 0.05) is 25.3 Å². The van der Waals surface area contributed by atoms with Gasteiger partial charge in [-0.2, -0.15) is 0 Å². The largest absolute Gasteiger partial charge is 0.382 e. The molecule has 1 N–H and O–H groups in total. The third kappa shape index (κ3) is 5.83. The van der Waals surface area contributed by atoms with Crippen molar-refractivity contribution in [2.24, 2.45) is 0 Å². The Kier molecular flexibility index (Phi) is 8.01. The molecule has 0 aliphatic rings. The van der Waals surface area contributed by atoms with Crippen molar-refractivity contribution in [1.29, 1.82) is 0 Å². The number of halogens is 1. The molecule has 1 atom stereocenters. The maximum Gasteiger partial charge on any atom is 0.0700 e. The fourth-order valence-corrected chi connectivity index (χ4v) is 1.96. The van der Waals surface area contributed by atoms with E-state index in [1.807, 2.05) is 19.2 Å². The first-order valence-electron chi connectivity index (χ1n) is 6.24. The molecule has 0 radical (unpaired) electrons. The van der Waals surface area contributed by atoms with Gasteiger partial charge >= 0.3 is 0 Å². The van der Waals surface area contributed by atoms with E-state index in [2.05, 4.69) is 17.4 Å². The van der Waals surface area contributed by atoms with E-state index >= 15 is 0 Å². The van der Waals surface area contributed by atoms with Gasteiger partial charge in [0.15, 0.2) is 0 Å². The molecule has 0 bridgehead atoms. The van der Waals surface area contributed by atoms with Crippen LogP contribution in [0.1, 0.15) is 17.9 Å². The molecule has 0 amide bonds. The molecule has 0 aromatic heterocycles. The van der Waals surface area contributed by atoms with Gasteiger partial charge in [0.25, 0.3) is 0 Å². The molecule has 1 aromatic rings. The third-order valence-electron chi connectivity index (χ3n) is 2.83. The molecule has 0 fully saturated rings. The standard InChI is InChI=1S/C14H22ClNO2/c1-16-11-13(7-8-18-10-9-17-2)12-3-5-14(15)6-4-12/h3-6,13,16H,7-11H2,1-2H3. The first-order chi connectivity index (χ1) is 8.77. The van der Waals surface area contributed by atoms with E-state index in [0.29, 0.717) is 19.1 Å². The van der Waals surface area contributed by atoms with Crippen LogP contribution < -0.4 is 5.32 Å². The van der Waals surface area contributed by atoms with Gasteiger partial charge in [0.2, 0.25) is 0 Å². The number of hydrogen-bond acceptors (Lipinski definition) is 3. The summed E-state index contributed by atoms with van der Waals surface area (Å²) in [4.78, 5) is 0. The molecule has 3 nitrogen and oxygen atoms in total. The van der Waals surface area contributed by atoms with Gasteiger partial charge in [-0.1, -0.05) is 23.7 Å². The maximum atomic E-state index is 5.90. The molecule has 4 heteroatoms. The average Bonchev–Trinajstić information content (AvgIpc) is 2.38. The summed E-state index contributed by atoms with van der Waals surface area (Å²) in [6.07, 6.45) is 0.992. The zero-order valence-corrected chi connectivity index (χ0v) is 11.9. The van der Waals surface area contributed by atoms with Crippen LogP contribution >= 0.6 is 11.6 Å². The molecule has 1 rings (SSSR count). The van der Waals surface area contributed by atoms with E-state index in [1.54, 1.807) is 7.11 Å². The summed E-state index contributed by atoms with van der Waals surface area (Å²) < 4.78 is 10.5. The van der Waals surface area contributed by atoms with Gasteiger partial charge < -0.3 is 14.8 Å². The van der Waals surface area contributed by atoms with Crippen molar-refractivity contribution in [3.8, 4) is 0 Å². The number of benzene rings is 1. The molecule has 0 aliphatic heterocycles. The highest BCUT2D eigenvalue weighted by molar-refractivity contribution is 6.30. The van der Waals surface area contributed by atoms with E-state index in [1.165, 1.54) is 5.56 Å². The number of methoxy groups -OCH3 is 1. The Morgan fingerprint density at radius 3 is 2.50 bits per heavy atom. The predicted molar refractivity (Wildman–Crippen MR) is 75.4 cm³/mol. The number of nitrogens with one attached hydrogen (secondary N) is 1. The van der Waals surface area contributed by atoms with Crippen LogP contribution in [-0.4, -0.2) is 40.5 Å². The molecule has 1 unspecified atom stereocenters. The highest BCUT2D eigenvalue weighted by atomic mass is 35.5. The fourth-order valence-electron chi connectivity index (χ4n) is 1.84. The maximum absolute atomic E-state index is 5.90. The third-order valence-corrected chi connectivity index (χ3v) is 3.09. The molecular formula is C14H22ClNO2. The van der Waals surface area contributed by atoms with Crippen LogP contribution in [0.25, 0.3) is 0 Å². The second-order valence-electron chi connectivity index (χ2n) is 4.20. The quantitative estimate of drug-likeness (QED) is 0.701. The smallest absolute Gasteiger partial charge is 0.0700 e. The van der Waals surface area contributed by atoms with E-state index in [4.69, 9.17) is 21.1 Å². The second-order valence-corrected chi connectivity index (χ2v) is 4.64. The predicted octanol–water partition coefficient (Wildman–Crippen LogP) is 2.70. The summed E-state index contributed by atoms with van der Waals surface area (Å²) in [6.45, 7) is 2.99. The molecule has 18 heavy (non-hydrogen) atoms. The minimum atomic E-state index is 0.454. The van der Waals surface area contributed by atoms with Crippen molar-refractivity contribution in [1.82, 2.24) is 5.32 Å². The summed E-state index contributed by atoms with van der Waals surface area (Å²) in [5.74, 6) is 0.454. The lowest BCUT2D eigenvalue weighted by Gasteiger charge is -2.17. The van der Waals surface area contributed by atoms with E-state index in [-0.39, 0.29) is 0 Å². The van der Waals surface area contributed by atoms with Crippen LogP contribution in [0.4, 0.5) is 0 Å². The molecule has 0 spiro atoms. The Morgan fingerprint density at radius 2 is 1.89 bits per heavy atom. The second kappa shape index (κ2) is 9.34.